The topological polar surface area (TPSA) is 67.9 Å². The number of para-hydroxylation sites is 1. The van der Waals surface area contributed by atoms with Gasteiger partial charge in [0.1, 0.15) is 11.5 Å². The maximum atomic E-state index is 12.4. The molecule has 0 unspecified atom stereocenters. The van der Waals surface area contributed by atoms with Crippen LogP contribution in [0, 0.1) is 13.8 Å². The fourth-order valence-corrected chi connectivity index (χ4v) is 3.40. The molecule has 3 rings (SSSR count). The summed E-state index contributed by atoms with van der Waals surface area (Å²) in [6.07, 6.45) is 1.46. The van der Waals surface area contributed by atoms with Crippen molar-refractivity contribution in [3.63, 3.8) is 0 Å². The number of likely N-dealkylation sites (tertiary alicyclic amines) is 1. The smallest absolute Gasteiger partial charge is 0.260 e. The van der Waals surface area contributed by atoms with Gasteiger partial charge in [-0.05, 0) is 50.5 Å². The van der Waals surface area contributed by atoms with Crippen molar-refractivity contribution >= 4 is 11.8 Å². The van der Waals surface area contributed by atoms with Crippen LogP contribution < -0.4 is 14.8 Å². The van der Waals surface area contributed by atoms with Gasteiger partial charge in [0.15, 0.2) is 13.2 Å². The molecule has 1 N–H and O–H groups in total. The zero-order chi connectivity index (χ0) is 20.6. The van der Waals surface area contributed by atoms with Crippen molar-refractivity contribution in [3.05, 3.63) is 59.7 Å². The number of benzene rings is 2. The second-order valence-electron chi connectivity index (χ2n) is 7.38. The van der Waals surface area contributed by atoms with Gasteiger partial charge in [-0.1, -0.05) is 35.9 Å². The minimum absolute atomic E-state index is 0.00704. The SMILES string of the molecule is Cc1ccc(OCC(=O)N2CCC(NC(=O)COc3ccccc3)CC2)c(C)c1. The van der Waals surface area contributed by atoms with E-state index < -0.39 is 0 Å². The summed E-state index contributed by atoms with van der Waals surface area (Å²) in [5.74, 6) is 1.25. The summed E-state index contributed by atoms with van der Waals surface area (Å²) in [6, 6.07) is 15.2. The fraction of sp³-hybridized carbons (Fsp3) is 0.391. The number of nitrogens with zero attached hydrogens (tertiary/aromatic N) is 1. The van der Waals surface area contributed by atoms with Crippen LogP contribution in [-0.2, 0) is 9.59 Å². The minimum Gasteiger partial charge on any atom is -0.484 e. The number of hydrogen-bond acceptors (Lipinski definition) is 4. The van der Waals surface area contributed by atoms with Crippen LogP contribution in [0.15, 0.2) is 48.5 Å². The Bertz CT molecular complexity index is 830. The molecule has 0 aliphatic carbocycles. The summed E-state index contributed by atoms with van der Waals surface area (Å²) in [5.41, 5.74) is 2.19. The molecule has 1 heterocycles. The predicted octanol–water partition coefficient (Wildman–Crippen LogP) is 2.87. The fourth-order valence-electron chi connectivity index (χ4n) is 3.40. The van der Waals surface area contributed by atoms with Gasteiger partial charge >= 0.3 is 0 Å². The molecule has 6 heteroatoms. The molecule has 154 valence electrons. The van der Waals surface area contributed by atoms with Crippen LogP contribution >= 0.6 is 0 Å². The average Bonchev–Trinajstić information content (AvgIpc) is 2.73. The maximum Gasteiger partial charge on any atom is 0.260 e. The van der Waals surface area contributed by atoms with Gasteiger partial charge in [-0.25, -0.2) is 0 Å². The van der Waals surface area contributed by atoms with Crippen molar-refractivity contribution in [2.24, 2.45) is 0 Å². The summed E-state index contributed by atoms with van der Waals surface area (Å²) in [4.78, 5) is 26.3. The molecular formula is C23H28N2O4. The van der Waals surface area contributed by atoms with Crippen LogP contribution in [0.4, 0.5) is 0 Å². The number of ether oxygens (including phenoxy) is 2. The van der Waals surface area contributed by atoms with Crippen LogP contribution in [0.1, 0.15) is 24.0 Å². The standard InChI is InChI=1S/C23H28N2O4/c1-17-8-9-21(18(2)14-17)29-16-23(27)25-12-10-19(11-13-25)24-22(26)15-28-20-6-4-3-5-7-20/h3-9,14,19H,10-13,15-16H2,1-2H3,(H,24,26). The highest BCUT2D eigenvalue weighted by Gasteiger charge is 2.24. The molecule has 1 aliphatic rings. The van der Waals surface area contributed by atoms with Gasteiger partial charge in [-0.2, -0.15) is 0 Å². The average molecular weight is 396 g/mol. The molecule has 1 aliphatic heterocycles. The normalized spacial score (nSPS) is 14.3. The first kappa shape index (κ1) is 20.7. The molecule has 6 nitrogen and oxygen atoms in total. The molecule has 1 saturated heterocycles. The second kappa shape index (κ2) is 9.96. The minimum atomic E-state index is -0.142. The molecule has 2 aromatic carbocycles. The Balaban J connectivity index is 1.37. The van der Waals surface area contributed by atoms with Crippen molar-refractivity contribution in [2.45, 2.75) is 32.7 Å². The molecule has 0 aromatic heterocycles. The third-order valence-electron chi connectivity index (χ3n) is 5.01. The van der Waals surface area contributed by atoms with Gasteiger partial charge < -0.3 is 19.7 Å². The van der Waals surface area contributed by atoms with Gasteiger partial charge in [-0.15, -0.1) is 0 Å². The van der Waals surface area contributed by atoms with Crippen molar-refractivity contribution in [2.75, 3.05) is 26.3 Å². The lowest BCUT2D eigenvalue weighted by Crippen LogP contribution is -2.48. The summed E-state index contributed by atoms with van der Waals surface area (Å²) < 4.78 is 11.2. The Labute approximate surface area is 171 Å². The number of aryl methyl sites for hydroxylation is 2. The summed E-state index contributed by atoms with van der Waals surface area (Å²) in [5, 5.41) is 2.99. The highest BCUT2D eigenvalue weighted by molar-refractivity contribution is 5.79. The van der Waals surface area contributed by atoms with Gasteiger partial charge in [0.25, 0.3) is 11.8 Å². The quantitative estimate of drug-likeness (QED) is 0.782. The first-order chi connectivity index (χ1) is 14.0. The Morgan fingerprint density at radius 2 is 1.72 bits per heavy atom. The zero-order valence-corrected chi connectivity index (χ0v) is 17.0. The van der Waals surface area contributed by atoms with E-state index in [9.17, 15) is 9.59 Å². The predicted molar refractivity (Wildman–Crippen MR) is 111 cm³/mol. The first-order valence-corrected chi connectivity index (χ1v) is 9.96. The van der Waals surface area contributed by atoms with Crippen LogP contribution in [0.2, 0.25) is 0 Å². The Morgan fingerprint density at radius 1 is 1.00 bits per heavy atom. The molecule has 0 saturated carbocycles. The van der Waals surface area contributed by atoms with Gasteiger partial charge in [-0.3, -0.25) is 9.59 Å². The van der Waals surface area contributed by atoms with Crippen LogP contribution in [0.3, 0.4) is 0 Å². The molecule has 2 amide bonds. The molecule has 0 bridgehead atoms. The van der Waals surface area contributed by atoms with Crippen molar-refractivity contribution in [3.8, 4) is 11.5 Å². The second-order valence-corrected chi connectivity index (χ2v) is 7.38. The third-order valence-corrected chi connectivity index (χ3v) is 5.01. The first-order valence-electron chi connectivity index (χ1n) is 9.96. The maximum absolute atomic E-state index is 12.4. The molecule has 29 heavy (non-hydrogen) atoms. The van der Waals surface area contributed by atoms with E-state index in [1.807, 2.05) is 62.4 Å². The number of hydrogen-bond donors (Lipinski definition) is 1. The Hall–Kier alpha value is -3.02. The lowest BCUT2D eigenvalue weighted by atomic mass is 10.1. The van der Waals surface area contributed by atoms with E-state index in [4.69, 9.17) is 9.47 Å². The lowest BCUT2D eigenvalue weighted by molar-refractivity contribution is -0.134. The van der Waals surface area contributed by atoms with Crippen LogP contribution in [0.25, 0.3) is 0 Å². The molecule has 2 aromatic rings. The van der Waals surface area contributed by atoms with E-state index in [-0.39, 0.29) is 31.1 Å². The van der Waals surface area contributed by atoms with Crippen LogP contribution in [-0.4, -0.2) is 49.1 Å². The molecule has 1 fully saturated rings. The Morgan fingerprint density at radius 3 is 2.41 bits per heavy atom. The zero-order valence-electron chi connectivity index (χ0n) is 17.0. The molecular weight excluding hydrogens is 368 g/mol. The molecule has 0 radical (unpaired) electrons. The van der Waals surface area contributed by atoms with Gasteiger partial charge in [0, 0.05) is 19.1 Å². The number of amides is 2. The monoisotopic (exact) mass is 396 g/mol. The highest BCUT2D eigenvalue weighted by atomic mass is 16.5. The largest absolute Gasteiger partial charge is 0.484 e. The third kappa shape index (κ3) is 6.24. The van der Waals surface area contributed by atoms with Crippen molar-refractivity contribution in [1.29, 1.82) is 0 Å². The summed E-state index contributed by atoms with van der Waals surface area (Å²) in [7, 11) is 0. The molecule has 0 spiro atoms. The van der Waals surface area contributed by atoms with Gasteiger partial charge in [0.2, 0.25) is 0 Å². The number of carbonyl (C=O) groups excluding carboxylic acids is 2. The van der Waals surface area contributed by atoms with E-state index >= 15 is 0 Å². The number of piperidine rings is 1. The lowest BCUT2D eigenvalue weighted by Gasteiger charge is -2.32. The van der Waals surface area contributed by atoms with E-state index in [2.05, 4.69) is 5.32 Å². The summed E-state index contributed by atoms with van der Waals surface area (Å²) >= 11 is 0. The Kier molecular flexibility index (Phi) is 7.11. The van der Waals surface area contributed by atoms with Crippen molar-refractivity contribution < 1.29 is 19.1 Å². The van der Waals surface area contributed by atoms with E-state index in [0.29, 0.717) is 18.8 Å². The van der Waals surface area contributed by atoms with E-state index in [1.165, 1.54) is 5.56 Å². The van der Waals surface area contributed by atoms with Crippen LogP contribution in [0.5, 0.6) is 11.5 Å². The van der Waals surface area contributed by atoms with E-state index in [1.54, 1.807) is 4.90 Å². The van der Waals surface area contributed by atoms with E-state index in [0.717, 1.165) is 24.2 Å². The number of nitrogens with one attached hydrogen (secondary N) is 1. The van der Waals surface area contributed by atoms with Gasteiger partial charge in [0.05, 0.1) is 0 Å². The number of carbonyl (C=O) groups is 2. The highest BCUT2D eigenvalue weighted by Crippen LogP contribution is 2.19. The molecule has 0 atom stereocenters. The van der Waals surface area contributed by atoms with Crippen molar-refractivity contribution in [1.82, 2.24) is 10.2 Å². The number of rotatable bonds is 7. The summed E-state index contributed by atoms with van der Waals surface area (Å²) in [6.45, 7) is 5.25.